The number of hydrogen-bond donors (Lipinski definition) is 0. The maximum absolute atomic E-state index is 12.9. The summed E-state index contributed by atoms with van der Waals surface area (Å²) in [4.78, 5) is 11.2. The molecule has 0 atom stereocenters. The molecule has 1 rings (SSSR count). The molecule has 0 radical (unpaired) electrons. The van der Waals surface area contributed by atoms with Crippen molar-refractivity contribution in [2.45, 2.75) is 0 Å². The molecule has 0 saturated carbocycles. The van der Waals surface area contributed by atoms with Gasteiger partial charge in [0.15, 0.2) is 5.78 Å². The number of carbonyl (C=O) groups excluding carboxylic acids is 1. The van der Waals surface area contributed by atoms with Gasteiger partial charge in [-0.05, 0) is 34.7 Å². The molecule has 0 bridgehead atoms. The van der Waals surface area contributed by atoms with Crippen molar-refractivity contribution in [2.24, 2.45) is 0 Å². The first kappa shape index (κ1) is 11.4. The third-order valence-electron chi connectivity index (χ3n) is 1.41. The van der Waals surface area contributed by atoms with Gasteiger partial charge < -0.3 is 0 Å². The monoisotopic (exact) mass is 376 g/mol. The van der Waals surface area contributed by atoms with Gasteiger partial charge >= 0.3 is 0 Å². The highest BCUT2D eigenvalue weighted by molar-refractivity contribution is 14.1. The Balaban J connectivity index is 3.28. The van der Waals surface area contributed by atoms with E-state index in [1.807, 2.05) is 22.6 Å². The van der Waals surface area contributed by atoms with E-state index in [1.165, 1.54) is 6.07 Å². The molecule has 13 heavy (non-hydrogen) atoms. The molecule has 70 valence electrons. The summed E-state index contributed by atoms with van der Waals surface area (Å²) in [6.07, 6.45) is 0. The average molecular weight is 377 g/mol. The third-order valence-corrected chi connectivity index (χ3v) is 3.50. The van der Waals surface area contributed by atoms with Crippen molar-refractivity contribution < 1.29 is 9.18 Å². The Kier molecular flexibility index (Phi) is 4.12. The number of halogens is 4. The lowest BCUT2D eigenvalue weighted by Crippen LogP contribution is -2.02. The van der Waals surface area contributed by atoms with Gasteiger partial charge in [-0.25, -0.2) is 4.39 Å². The fourth-order valence-electron chi connectivity index (χ4n) is 0.831. The Hall–Kier alpha value is 0.320. The van der Waals surface area contributed by atoms with E-state index in [1.54, 1.807) is 0 Å². The normalized spacial score (nSPS) is 10.2. The number of carbonyl (C=O) groups is 1. The zero-order valence-electron chi connectivity index (χ0n) is 6.28. The van der Waals surface area contributed by atoms with Crippen LogP contribution in [0.15, 0.2) is 12.1 Å². The standard InChI is InChI=1S/C8H4BrClFIO/c9-3-7(13)5-1-4(11)2-6(12)8(5)10/h1-2H,3H2. The first-order valence-electron chi connectivity index (χ1n) is 3.30. The summed E-state index contributed by atoms with van der Waals surface area (Å²) in [5.74, 6) is -0.666. The van der Waals surface area contributed by atoms with Gasteiger partial charge in [-0.1, -0.05) is 27.5 Å². The molecule has 0 unspecified atom stereocenters. The lowest BCUT2D eigenvalue weighted by molar-refractivity contribution is 0.102. The van der Waals surface area contributed by atoms with Crippen molar-refractivity contribution in [1.82, 2.24) is 0 Å². The molecule has 1 nitrogen and oxygen atoms in total. The van der Waals surface area contributed by atoms with E-state index < -0.39 is 5.82 Å². The smallest absolute Gasteiger partial charge is 0.175 e. The number of hydrogen-bond acceptors (Lipinski definition) is 1. The van der Waals surface area contributed by atoms with Crippen molar-refractivity contribution in [3.63, 3.8) is 0 Å². The van der Waals surface area contributed by atoms with Gasteiger partial charge in [0, 0.05) is 9.13 Å². The van der Waals surface area contributed by atoms with Crippen LogP contribution in [0.1, 0.15) is 10.4 Å². The second-order valence-electron chi connectivity index (χ2n) is 2.31. The summed E-state index contributed by atoms with van der Waals surface area (Å²) in [5, 5.41) is 0.457. The molecule has 1 aromatic rings. The molecule has 0 aliphatic rings. The average Bonchev–Trinajstić information content (AvgIpc) is 2.10. The van der Waals surface area contributed by atoms with Crippen molar-refractivity contribution in [2.75, 3.05) is 5.33 Å². The highest BCUT2D eigenvalue weighted by Gasteiger charge is 2.13. The lowest BCUT2D eigenvalue weighted by atomic mass is 10.1. The Labute approximate surface area is 102 Å². The number of rotatable bonds is 2. The van der Waals surface area contributed by atoms with Gasteiger partial charge in [-0.2, -0.15) is 0 Å². The van der Waals surface area contributed by atoms with Gasteiger partial charge in [-0.15, -0.1) is 0 Å². The molecule has 0 fully saturated rings. The minimum atomic E-state index is -0.446. The molecule has 0 aromatic heterocycles. The molecule has 0 spiro atoms. The topological polar surface area (TPSA) is 17.1 Å². The van der Waals surface area contributed by atoms with Crippen LogP contribution in [-0.4, -0.2) is 11.1 Å². The fraction of sp³-hybridized carbons (Fsp3) is 0.125. The SMILES string of the molecule is O=C(CBr)c1cc(F)cc(I)c1Cl. The van der Waals surface area contributed by atoms with Crippen LogP contribution in [0.2, 0.25) is 5.02 Å². The second-order valence-corrected chi connectivity index (χ2v) is 4.41. The summed E-state index contributed by atoms with van der Waals surface area (Å²) in [7, 11) is 0. The fourth-order valence-corrected chi connectivity index (χ4v) is 1.94. The Morgan fingerprint density at radius 2 is 2.23 bits per heavy atom. The summed E-state index contributed by atoms with van der Waals surface area (Å²) in [5.41, 5.74) is 0.225. The summed E-state index contributed by atoms with van der Waals surface area (Å²) in [6, 6.07) is 2.43. The predicted octanol–water partition coefficient (Wildman–Crippen LogP) is 3.66. The number of Topliss-reactive ketones (excluding diaryl/α,β-unsaturated/α-hetero) is 1. The Morgan fingerprint density at radius 3 is 2.77 bits per heavy atom. The molecule has 5 heteroatoms. The maximum Gasteiger partial charge on any atom is 0.175 e. The van der Waals surface area contributed by atoms with Gasteiger partial charge in [0.25, 0.3) is 0 Å². The van der Waals surface area contributed by atoms with E-state index in [9.17, 15) is 9.18 Å². The first-order chi connectivity index (χ1) is 6.06. The van der Waals surface area contributed by atoms with Crippen molar-refractivity contribution >= 4 is 55.9 Å². The highest BCUT2D eigenvalue weighted by Crippen LogP contribution is 2.25. The van der Waals surface area contributed by atoms with Crippen LogP contribution in [-0.2, 0) is 0 Å². The van der Waals surface area contributed by atoms with E-state index in [4.69, 9.17) is 11.6 Å². The van der Waals surface area contributed by atoms with E-state index in [2.05, 4.69) is 15.9 Å². The minimum Gasteiger partial charge on any atom is -0.293 e. The molecule has 0 aliphatic heterocycles. The van der Waals surface area contributed by atoms with Crippen LogP contribution in [0.3, 0.4) is 0 Å². The van der Waals surface area contributed by atoms with E-state index in [0.717, 1.165) is 6.07 Å². The predicted molar refractivity (Wildman–Crippen MR) is 62.3 cm³/mol. The zero-order valence-corrected chi connectivity index (χ0v) is 10.8. The van der Waals surface area contributed by atoms with Gasteiger partial charge in [0.05, 0.1) is 10.4 Å². The van der Waals surface area contributed by atoms with Crippen LogP contribution in [0.25, 0.3) is 0 Å². The van der Waals surface area contributed by atoms with Crippen LogP contribution >= 0.6 is 50.1 Å². The quantitative estimate of drug-likeness (QED) is 0.333. The lowest BCUT2D eigenvalue weighted by Gasteiger charge is -2.03. The van der Waals surface area contributed by atoms with Gasteiger partial charge in [-0.3, -0.25) is 4.79 Å². The van der Waals surface area contributed by atoms with Crippen molar-refractivity contribution in [3.8, 4) is 0 Å². The molecule has 0 aliphatic carbocycles. The molecule has 1 aromatic carbocycles. The molecular formula is C8H4BrClFIO. The molecule has 0 saturated heterocycles. The van der Waals surface area contributed by atoms with Gasteiger partial charge in [0.1, 0.15) is 5.82 Å². The summed E-state index contributed by atoms with van der Waals surface area (Å²) < 4.78 is 13.4. The highest BCUT2D eigenvalue weighted by atomic mass is 127. The van der Waals surface area contributed by atoms with Crippen LogP contribution < -0.4 is 0 Å². The number of alkyl halides is 1. The molecular weight excluding hydrogens is 373 g/mol. The molecule has 0 heterocycles. The van der Waals surface area contributed by atoms with Crippen LogP contribution in [0.4, 0.5) is 4.39 Å². The summed E-state index contributed by atoms with van der Waals surface area (Å²) >= 11 is 10.7. The largest absolute Gasteiger partial charge is 0.293 e. The van der Waals surface area contributed by atoms with Crippen molar-refractivity contribution in [3.05, 3.63) is 32.1 Å². The number of benzene rings is 1. The van der Waals surface area contributed by atoms with Crippen molar-refractivity contribution in [1.29, 1.82) is 0 Å². The number of ketones is 1. The molecule has 0 amide bonds. The maximum atomic E-state index is 12.9. The Bertz CT molecular complexity index is 356. The summed E-state index contributed by atoms with van der Waals surface area (Å²) in [6.45, 7) is 0. The zero-order chi connectivity index (χ0) is 10.0. The van der Waals surface area contributed by atoms with E-state index >= 15 is 0 Å². The molecule has 0 N–H and O–H groups in total. The minimum absolute atomic E-state index is 0.145. The third kappa shape index (κ3) is 2.63. The second kappa shape index (κ2) is 4.70. The van der Waals surface area contributed by atoms with Crippen LogP contribution in [0, 0.1) is 9.39 Å². The van der Waals surface area contributed by atoms with Gasteiger partial charge in [0.2, 0.25) is 0 Å². The van der Waals surface area contributed by atoms with Crippen LogP contribution in [0.5, 0.6) is 0 Å². The van der Waals surface area contributed by atoms with E-state index in [-0.39, 0.29) is 16.7 Å². The first-order valence-corrected chi connectivity index (χ1v) is 5.87. The Morgan fingerprint density at radius 1 is 1.62 bits per heavy atom. The van der Waals surface area contributed by atoms with E-state index in [0.29, 0.717) is 8.59 Å².